The second-order valence-electron chi connectivity index (χ2n) is 7.72. The molecule has 1 aliphatic heterocycles. The highest BCUT2D eigenvalue weighted by Gasteiger charge is 2.42. The molecule has 0 unspecified atom stereocenters. The Morgan fingerprint density at radius 2 is 1.81 bits per heavy atom. The van der Waals surface area contributed by atoms with Crippen LogP contribution in [0.5, 0.6) is 0 Å². The van der Waals surface area contributed by atoms with Crippen molar-refractivity contribution in [2.45, 2.75) is 17.7 Å². The largest absolute Gasteiger partial charge is 0.463 e. The molecule has 0 bridgehead atoms. The number of hydrogen-bond acceptors (Lipinski definition) is 9. The van der Waals surface area contributed by atoms with Crippen molar-refractivity contribution in [1.29, 1.82) is 0 Å². The Kier molecular flexibility index (Phi) is 6.56. The lowest BCUT2D eigenvalue weighted by Gasteiger charge is -2.27. The number of rotatable bonds is 6. The van der Waals surface area contributed by atoms with Crippen molar-refractivity contribution in [1.82, 2.24) is 4.57 Å². The van der Waals surface area contributed by atoms with E-state index in [1.54, 1.807) is 48.7 Å². The van der Waals surface area contributed by atoms with E-state index in [1.807, 2.05) is 17.5 Å². The molecule has 0 fully saturated rings. The molecular weight excluding hydrogens is 537 g/mol. The normalized spacial score (nSPS) is 16.3. The van der Waals surface area contributed by atoms with E-state index >= 15 is 0 Å². The maximum Gasteiger partial charge on any atom is 0.338 e. The molecular formula is C25H20N2O5S4. The molecule has 184 valence electrons. The molecule has 0 amide bonds. The highest BCUT2D eigenvalue weighted by atomic mass is 32.2. The van der Waals surface area contributed by atoms with Crippen LogP contribution in [-0.4, -0.2) is 25.6 Å². The lowest BCUT2D eigenvalue weighted by Crippen LogP contribution is -2.41. The molecule has 3 aromatic heterocycles. The fourth-order valence-electron chi connectivity index (χ4n) is 4.06. The number of thiophene rings is 2. The number of thiazole rings is 1. The molecule has 1 atom stereocenters. The lowest BCUT2D eigenvalue weighted by atomic mass is 9.95. The topological polar surface area (TPSA) is 108 Å². The second kappa shape index (κ2) is 9.66. The van der Waals surface area contributed by atoms with Gasteiger partial charge in [0.05, 0.1) is 27.5 Å². The van der Waals surface area contributed by atoms with Crippen LogP contribution < -0.4 is 20.5 Å². The van der Waals surface area contributed by atoms with Gasteiger partial charge in [0.1, 0.15) is 15.4 Å². The smallest absolute Gasteiger partial charge is 0.338 e. The summed E-state index contributed by atoms with van der Waals surface area (Å²) in [6, 6.07) is 15.1. The van der Waals surface area contributed by atoms with Crippen LogP contribution in [0, 0.1) is 0 Å². The summed E-state index contributed by atoms with van der Waals surface area (Å²) in [5.74, 6) is -1.93. The molecule has 4 heterocycles. The van der Waals surface area contributed by atoms with Gasteiger partial charge >= 0.3 is 5.97 Å². The fourth-order valence-corrected chi connectivity index (χ4v) is 8.55. The average Bonchev–Trinajstić information content (AvgIpc) is 3.63. The number of ether oxygens (including phenoxy) is 1. The first-order chi connectivity index (χ1) is 17.3. The number of esters is 1. The standard InChI is InChI=1S/C25H20N2O5S4/c1-2-32-25(29)20-19(17-11-7-13-34-17)21(36(30,31)16-9-4-3-5-10-16)22(26)27-23(28)18(35-24(20)27)14-15-8-6-12-33-15/h3-14,19H,2,26H2,1H3/b18-14+/t19-/m1/s1. The zero-order chi connectivity index (χ0) is 25.4. The number of hydrogen-bond donors (Lipinski definition) is 1. The molecule has 5 rings (SSSR count). The third-order valence-corrected chi connectivity index (χ3v) is 10.4. The minimum absolute atomic E-state index is 0.0183. The number of nitrogens with two attached hydrogens (primary N) is 1. The highest BCUT2D eigenvalue weighted by Crippen LogP contribution is 2.43. The quantitative estimate of drug-likeness (QED) is 0.366. The molecule has 0 spiro atoms. The molecule has 0 aliphatic carbocycles. The summed E-state index contributed by atoms with van der Waals surface area (Å²) >= 11 is 3.85. The zero-order valence-corrected chi connectivity index (χ0v) is 22.2. The summed E-state index contributed by atoms with van der Waals surface area (Å²) in [4.78, 5) is 28.2. The second-order valence-corrected chi connectivity index (χ2v) is 12.6. The summed E-state index contributed by atoms with van der Waals surface area (Å²) in [5, 5.41) is 3.69. The first kappa shape index (κ1) is 24.4. The molecule has 1 aromatic carbocycles. The van der Waals surface area contributed by atoms with Crippen molar-refractivity contribution in [3.05, 3.63) is 99.6 Å². The molecule has 7 nitrogen and oxygen atoms in total. The Bertz CT molecular complexity index is 1750. The van der Waals surface area contributed by atoms with E-state index < -0.39 is 27.3 Å². The molecule has 11 heteroatoms. The van der Waals surface area contributed by atoms with Gasteiger partial charge in [-0.25, -0.2) is 13.2 Å². The van der Waals surface area contributed by atoms with Crippen LogP contribution >= 0.6 is 34.0 Å². The molecule has 0 saturated carbocycles. The summed E-state index contributed by atoms with van der Waals surface area (Å²) < 4.78 is 35.1. The SMILES string of the molecule is CCOC(=O)C1=c2s/c(=C/c3cccs3)c(=O)n2C(N)=C(S(=O)(=O)c2ccccc2)[C@@H]1c1cccs1. The fraction of sp³-hybridized carbons (Fsp3) is 0.120. The molecule has 0 saturated heterocycles. The van der Waals surface area contributed by atoms with E-state index in [0.717, 1.165) is 20.8 Å². The van der Waals surface area contributed by atoms with E-state index in [0.29, 0.717) is 9.41 Å². The third-order valence-electron chi connectivity index (χ3n) is 5.58. The summed E-state index contributed by atoms with van der Waals surface area (Å²) in [6.45, 7) is 1.76. The third kappa shape index (κ3) is 4.07. The number of carbonyl (C=O) groups is 1. The predicted octanol–water partition coefficient (Wildman–Crippen LogP) is 2.93. The maximum atomic E-state index is 14.0. The Hall–Kier alpha value is -3.25. The van der Waals surface area contributed by atoms with Crippen LogP contribution in [0.25, 0.3) is 17.5 Å². The van der Waals surface area contributed by atoms with E-state index in [4.69, 9.17) is 10.5 Å². The molecule has 4 aromatic rings. The molecule has 2 N–H and O–H groups in total. The van der Waals surface area contributed by atoms with Crippen LogP contribution in [0.4, 0.5) is 0 Å². The first-order valence-electron chi connectivity index (χ1n) is 10.9. The van der Waals surface area contributed by atoms with Gasteiger partial charge in [0.2, 0.25) is 9.84 Å². The number of aromatic nitrogens is 1. The van der Waals surface area contributed by atoms with Gasteiger partial charge in [-0.05, 0) is 48.0 Å². The van der Waals surface area contributed by atoms with Gasteiger partial charge in [-0.15, -0.1) is 34.0 Å². The van der Waals surface area contributed by atoms with Gasteiger partial charge in [-0.3, -0.25) is 9.36 Å². The van der Waals surface area contributed by atoms with Crippen LogP contribution in [-0.2, 0) is 19.4 Å². The van der Waals surface area contributed by atoms with Gasteiger partial charge < -0.3 is 10.5 Å². The van der Waals surface area contributed by atoms with Gasteiger partial charge in [-0.1, -0.05) is 30.3 Å². The van der Waals surface area contributed by atoms with E-state index in [2.05, 4.69) is 0 Å². The van der Waals surface area contributed by atoms with Crippen molar-refractivity contribution >= 4 is 67.3 Å². The minimum atomic E-state index is -4.20. The Balaban J connectivity index is 1.92. The zero-order valence-electron chi connectivity index (χ0n) is 18.9. The molecule has 1 aliphatic rings. The summed E-state index contributed by atoms with van der Waals surface area (Å²) in [6.07, 6.45) is 1.71. The monoisotopic (exact) mass is 556 g/mol. The van der Waals surface area contributed by atoms with Gasteiger partial charge in [0.15, 0.2) is 0 Å². The minimum Gasteiger partial charge on any atom is -0.463 e. The van der Waals surface area contributed by atoms with E-state index in [9.17, 15) is 18.0 Å². The number of fused-ring (bicyclic) bond motifs is 1. The Labute approximate surface area is 218 Å². The van der Waals surface area contributed by atoms with Gasteiger partial charge in [0, 0.05) is 9.75 Å². The number of benzene rings is 1. The first-order valence-corrected chi connectivity index (χ1v) is 14.9. The van der Waals surface area contributed by atoms with Crippen LogP contribution in [0.3, 0.4) is 0 Å². The lowest BCUT2D eigenvalue weighted by molar-refractivity contribution is -0.136. The number of carbonyl (C=O) groups excluding carboxylic acids is 1. The van der Waals surface area contributed by atoms with Crippen LogP contribution in [0.1, 0.15) is 22.6 Å². The van der Waals surface area contributed by atoms with Crippen molar-refractivity contribution in [3.63, 3.8) is 0 Å². The van der Waals surface area contributed by atoms with Crippen molar-refractivity contribution in [2.75, 3.05) is 6.61 Å². The Morgan fingerprint density at radius 3 is 2.44 bits per heavy atom. The van der Waals surface area contributed by atoms with Gasteiger partial charge in [0.25, 0.3) is 5.56 Å². The van der Waals surface area contributed by atoms with Crippen molar-refractivity contribution in [3.8, 4) is 0 Å². The Morgan fingerprint density at radius 1 is 1.08 bits per heavy atom. The van der Waals surface area contributed by atoms with Crippen molar-refractivity contribution in [2.24, 2.45) is 5.73 Å². The molecule has 36 heavy (non-hydrogen) atoms. The highest BCUT2D eigenvalue weighted by molar-refractivity contribution is 7.95. The van der Waals surface area contributed by atoms with E-state index in [1.165, 1.54) is 34.8 Å². The predicted molar refractivity (Wildman–Crippen MR) is 144 cm³/mol. The van der Waals surface area contributed by atoms with Crippen LogP contribution in [0.2, 0.25) is 0 Å². The molecule has 0 radical (unpaired) electrons. The number of allylic oxidation sites excluding steroid dienone is 1. The maximum absolute atomic E-state index is 14.0. The average molecular weight is 557 g/mol. The summed E-state index contributed by atoms with van der Waals surface area (Å²) in [7, 11) is -4.20. The van der Waals surface area contributed by atoms with Gasteiger partial charge in [-0.2, -0.15) is 0 Å². The summed E-state index contributed by atoms with van der Waals surface area (Å²) in [5.41, 5.74) is 6.12. The number of sulfone groups is 1. The van der Waals surface area contributed by atoms with Crippen molar-refractivity contribution < 1.29 is 17.9 Å². The van der Waals surface area contributed by atoms with E-state index in [-0.39, 0.29) is 32.5 Å². The number of nitrogens with zero attached hydrogens (tertiary/aromatic N) is 1. The van der Waals surface area contributed by atoms with Crippen LogP contribution in [0.15, 0.2) is 80.0 Å².